The number of rotatable bonds is 7. The van der Waals surface area contributed by atoms with E-state index in [1.54, 1.807) is 6.07 Å². The molecule has 182 valence electrons. The Labute approximate surface area is 210 Å². The molecule has 3 aromatic carbocycles. The van der Waals surface area contributed by atoms with Crippen molar-refractivity contribution in [3.05, 3.63) is 95.4 Å². The van der Waals surface area contributed by atoms with Crippen LogP contribution < -0.4 is 5.73 Å². The van der Waals surface area contributed by atoms with Crippen molar-refractivity contribution in [2.24, 2.45) is 5.73 Å². The van der Waals surface area contributed by atoms with Gasteiger partial charge in [0, 0.05) is 18.7 Å². The van der Waals surface area contributed by atoms with Gasteiger partial charge < -0.3 is 15.3 Å². The first-order valence-corrected chi connectivity index (χ1v) is 12.2. The van der Waals surface area contributed by atoms with Gasteiger partial charge in [0.25, 0.3) is 0 Å². The lowest BCUT2D eigenvalue weighted by molar-refractivity contribution is 0.0191. The summed E-state index contributed by atoms with van der Waals surface area (Å²) < 4.78 is 6.11. The van der Waals surface area contributed by atoms with Crippen molar-refractivity contribution in [2.45, 2.75) is 38.0 Å². The lowest BCUT2D eigenvalue weighted by Gasteiger charge is -2.23. The first-order chi connectivity index (χ1) is 17.4. The number of nitriles is 1. The number of nitrogens with zero attached hydrogens (tertiary/aromatic N) is 4. The second kappa shape index (κ2) is 10.0. The van der Waals surface area contributed by atoms with Crippen LogP contribution in [-0.4, -0.2) is 33.3 Å². The van der Waals surface area contributed by atoms with Gasteiger partial charge >= 0.3 is 0 Å². The van der Waals surface area contributed by atoms with Crippen molar-refractivity contribution in [3.63, 3.8) is 0 Å². The first kappa shape index (κ1) is 23.9. The fourth-order valence-corrected chi connectivity index (χ4v) is 4.78. The molecule has 5 rings (SSSR count). The van der Waals surface area contributed by atoms with Gasteiger partial charge in [-0.15, -0.1) is 10.2 Å². The number of hydrogen-bond acceptors (Lipinski definition) is 7. The molecule has 2 heterocycles. The molecular weight excluding hydrogens is 450 g/mol. The fraction of sp³-hybridized carbons (Fsp3) is 0.276. The van der Waals surface area contributed by atoms with Crippen LogP contribution in [0.25, 0.3) is 22.6 Å². The fourth-order valence-electron chi connectivity index (χ4n) is 4.78. The van der Waals surface area contributed by atoms with Gasteiger partial charge in [0.2, 0.25) is 11.8 Å². The number of aromatic nitrogens is 2. The Kier molecular flexibility index (Phi) is 6.66. The Morgan fingerprint density at radius 3 is 2.47 bits per heavy atom. The molecule has 4 aromatic rings. The van der Waals surface area contributed by atoms with Crippen LogP contribution in [0.15, 0.2) is 77.2 Å². The SMILES string of the molecule is C[C@@](N)(Cc1ccccc1)c1nnc(-c2cc(-c3ccccc3C#N)cc(C(O)N3CCCC3)c2)o1. The minimum atomic E-state index is -0.852. The third-order valence-electron chi connectivity index (χ3n) is 6.67. The molecule has 1 saturated heterocycles. The zero-order chi connectivity index (χ0) is 25.1. The number of likely N-dealkylation sites (tertiary alicyclic amines) is 1. The zero-order valence-corrected chi connectivity index (χ0v) is 20.3. The van der Waals surface area contributed by atoms with Crippen LogP contribution in [0.5, 0.6) is 0 Å². The van der Waals surface area contributed by atoms with Crippen LogP contribution >= 0.6 is 0 Å². The van der Waals surface area contributed by atoms with E-state index in [-0.39, 0.29) is 0 Å². The minimum Gasteiger partial charge on any atom is -0.419 e. The molecule has 2 atom stereocenters. The Morgan fingerprint density at radius 1 is 1.03 bits per heavy atom. The molecule has 7 heteroatoms. The molecular formula is C29H29N5O2. The van der Waals surface area contributed by atoms with E-state index in [1.165, 1.54) is 0 Å². The summed E-state index contributed by atoms with van der Waals surface area (Å²) in [6, 6.07) is 25.4. The van der Waals surface area contributed by atoms with Crippen LogP contribution in [0.1, 0.15) is 48.6 Å². The summed E-state index contributed by atoms with van der Waals surface area (Å²) in [5, 5.41) is 29.4. The molecule has 0 bridgehead atoms. The Bertz CT molecular complexity index is 1380. The second-order valence-electron chi connectivity index (χ2n) is 9.61. The van der Waals surface area contributed by atoms with E-state index in [2.05, 4.69) is 21.2 Å². The van der Waals surface area contributed by atoms with Crippen molar-refractivity contribution in [2.75, 3.05) is 13.1 Å². The summed E-state index contributed by atoms with van der Waals surface area (Å²) >= 11 is 0. The first-order valence-electron chi connectivity index (χ1n) is 12.2. The molecule has 1 fully saturated rings. The minimum absolute atomic E-state index is 0.320. The van der Waals surface area contributed by atoms with Gasteiger partial charge in [0.15, 0.2) is 0 Å². The van der Waals surface area contributed by atoms with Gasteiger partial charge in [-0.05, 0) is 72.7 Å². The third kappa shape index (κ3) is 4.93. The van der Waals surface area contributed by atoms with E-state index in [0.717, 1.165) is 48.2 Å². The summed E-state index contributed by atoms with van der Waals surface area (Å²) in [6.45, 7) is 3.55. The maximum Gasteiger partial charge on any atom is 0.247 e. The highest BCUT2D eigenvalue weighted by atomic mass is 16.4. The quantitative estimate of drug-likeness (QED) is 0.392. The molecule has 0 radical (unpaired) electrons. The molecule has 1 unspecified atom stereocenters. The summed E-state index contributed by atoms with van der Waals surface area (Å²) in [7, 11) is 0. The number of benzene rings is 3. The monoisotopic (exact) mass is 479 g/mol. The van der Waals surface area contributed by atoms with Crippen molar-refractivity contribution in [3.8, 4) is 28.7 Å². The Hall–Kier alpha value is -3.83. The summed E-state index contributed by atoms with van der Waals surface area (Å²) in [5.41, 5.74) is 10.4. The van der Waals surface area contributed by atoms with E-state index >= 15 is 0 Å². The summed E-state index contributed by atoms with van der Waals surface area (Å²) in [6.07, 6.45) is 1.90. The van der Waals surface area contributed by atoms with E-state index in [4.69, 9.17) is 10.2 Å². The molecule has 36 heavy (non-hydrogen) atoms. The molecule has 1 aliphatic rings. The van der Waals surface area contributed by atoms with E-state index in [9.17, 15) is 10.4 Å². The molecule has 3 N–H and O–H groups in total. The number of aliphatic hydroxyl groups is 1. The van der Waals surface area contributed by atoms with Gasteiger partial charge in [0.05, 0.1) is 17.2 Å². The maximum atomic E-state index is 11.2. The van der Waals surface area contributed by atoms with Crippen LogP contribution in [0.3, 0.4) is 0 Å². The summed E-state index contributed by atoms with van der Waals surface area (Å²) in [4.78, 5) is 2.05. The lowest BCUT2D eigenvalue weighted by atomic mass is 9.94. The van der Waals surface area contributed by atoms with Crippen LogP contribution in [0.4, 0.5) is 0 Å². The predicted octanol–water partition coefficient (Wildman–Crippen LogP) is 4.78. The van der Waals surface area contributed by atoms with E-state index < -0.39 is 11.8 Å². The molecule has 1 aromatic heterocycles. The highest BCUT2D eigenvalue weighted by molar-refractivity contribution is 5.75. The van der Waals surface area contributed by atoms with Gasteiger partial charge in [-0.2, -0.15) is 5.26 Å². The molecule has 0 saturated carbocycles. The largest absolute Gasteiger partial charge is 0.419 e. The second-order valence-corrected chi connectivity index (χ2v) is 9.61. The number of nitrogens with two attached hydrogens (primary N) is 1. The van der Waals surface area contributed by atoms with Crippen molar-refractivity contribution in [1.82, 2.24) is 15.1 Å². The molecule has 1 aliphatic heterocycles. The number of aliphatic hydroxyl groups excluding tert-OH is 1. The summed E-state index contributed by atoms with van der Waals surface area (Å²) in [5.74, 6) is 0.659. The average molecular weight is 480 g/mol. The van der Waals surface area contributed by atoms with Crippen molar-refractivity contribution in [1.29, 1.82) is 5.26 Å². The topological polar surface area (TPSA) is 112 Å². The Morgan fingerprint density at radius 2 is 1.72 bits per heavy atom. The van der Waals surface area contributed by atoms with Gasteiger partial charge in [-0.1, -0.05) is 48.5 Å². The van der Waals surface area contributed by atoms with Gasteiger partial charge in [0.1, 0.15) is 6.23 Å². The van der Waals surface area contributed by atoms with Gasteiger partial charge in [-0.25, -0.2) is 0 Å². The highest BCUT2D eigenvalue weighted by Crippen LogP contribution is 2.34. The lowest BCUT2D eigenvalue weighted by Crippen LogP contribution is -2.35. The predicted molar refractivity (Wildman–Crippen MR) is 137 cm³/mol. The van der Waals surface area contributed by atoms with E-state index in [1.807, 2.05) is 73.7 Å². The van der Waals surface area contributed by atoms with Gasteiger partial charge in [-0.3, -0.25) is 4.90 Å². The Balaban J connectivity index is 1.54. The molecule has 0 amide bonds. The molecule has 7 nitrogen and oxygen atoms in total. The van der Waals surface area contributed by atoms with Crippen LogP contribution in [0, 0.1) is 11.3 Å². The smallest absolute Gasteiger partial charge is 0.247 e. The standard InChI is InChI=1S/C29H29N5O2/c1-29(31,18-20-9-3-2-4-10-20)28-33-32-26(36-28)23-15-22(25-12-6-5-11-21(25)19-30)16-24(17-23)27(35)34-13-7-8-14-34/h2-6,9-12,15-17,27,35H,7-8,13-14,18,31H2,1H3/t27?,29-/m1/s1. The van der Waals surface area contributed by atoms with E-state index in [0.29, 0.717) is 29.3 Å². The maximum absolute atomic E-state index is 11.2. The third-order valence-corrected chi connectivity index (χ3v) is 6.67. The van der Waals surface area contributed by atoms with Crippen molar-refractivity contribution < 1.29 is 9.52 Å². The number of hydrogen-bond donors (Lipinski definition) is 2. The normalized spacial score (nSPS) is 16.4. The van der Waals surface area contributed by atoms with Crippen molar-refractivity contribution >= 4 is 0 Å². The van der Waals surface area contributed by atoms with Crippen LogP contribution in [-0.2, 0) is 12.0 Å². The van der Waals surface area contributed by atoms with Crippen LogP contribution in [0.2, 0.25) is 0 Å². The molecule has 0 spiro atoms. The molecule has 0 aliphatic carbocycles. The average Bonchev–Trinajstić information content (AvgIpc) is 3.62. The zero-order valence-electron chi connectivity index (χ0n) is 20.3. The highest BCUT2D eigenvalue weighted by Gasteiger charge is 2.29.